The molecular weight excluding hydrogens is 425 g/mol. The van der Waals surface area contributed by atoms with Crippen molar-refractivity contribution >= 4 is 38.6 Å². The van der Waals surface area contributed by atoms with Crippen molar-refractivity contribution in [3.05, 3.63) is 75.6 Å². The van der Waals surface area contributed by atoms with E-state index in [1.165, 1.54) is 12.1 Å². The third kappa shape index (κ3) is 4.92. The normalized spacial score (nSPS) is 10.7. The summed E-state index contributed by atoms with van der Waals surface area (Å²) in [5.74, 6) is -0.752. The maximum absolute atomic E-state index is 13.3. The topological polar surface area (TPSA) is 71.1 Å². The summed E-state index contributed by atoms with van der Waals surface area (Å²) in [4.78, 5) is 28.7. The van der Waals surface area contributed by atoms with Gasteiger partial charge in [0.1, 0.15) is 5.82 Å². The Bertz CT molecular complexity index is 1020. The van der Waals surface area contributed by atoms with Crippen LogP contribution in [0.3, 0.4) is 0 Å². The van der Waals surface area contributed by atoms with E-state index in [-0.39, 0.29) is 17.6 Å². The fraction of sp³-hybridized carbons (Fsp3) is 0.190. The molecule has 0 radical (unpaired) electrons. The van der Waals surface area contributed by atoms with Gasteiger partial charge in [-0.25, -0.2) is 4.39 Å². The van der Waals surface area contributed by atoms with Crippen molar-refractivity contribution in [1.29, 1.82) is 0 Å². The first-order chi connectivity index (χ1) is 13.4. The number of fused-ring (bicyclic) bond motifs is 1. The van der Waals surface area contributed by atoms with Gasteiger partial charge < -0.3 is 10.6 Å². The minimum atomic E-state index is -0.359. The fourth-order valence-electron chi connectivity index (χ4n) is 2.76. The predicted molar refractivity (Wildman–Crippen MR) is 110 cm³/mol. The highest BCUT2D eigenvalue weighted by Crippen LogP contribution is 2.17. The second-order valence-electron chi connectivity index (χ2n) is 6.33. The first-order valence-corrected chi connectivity index (χ1v) is 9.62. The summed E-state index contributed by atoms with van der Waals surface area (Å²) in [5.41, 5.74) is 2.10. The molecule has 0 saturated carbocycles. The lowest BCUT2D eigenvalue weighted by atomic mass is 10.1. The summed E-state index contributed by atoms with van der Waals surface area (Å²) >= 11 is 3.33. The van der Waals surface area contributed by atoms with Gasteiger partial charge in [0, 0.05) is 34.6 Å². The zero-order valence-electron chi connectivity index (χ0n) is 15.3. The second kappa shape index (κ2) is 8.93. The average molecular weight is 444 g/mol. The Morgan fingerprint density at radius 2 is 1.68 bits per heavy atom. The van der Waals surface area contributed by atoms with Gasteiger partial charge in [0.25, 0.3) is 11.8 Å². The van der Waals surface area contributed by atoms with Crippen molar-refractivity contribution in [3.8, 4) is 0 Å². The molecule has 7 heteroatoms. The van der Waals surface area contributed by atoms with Crippen LogP contribution in [0, 0.1) is 12.7 Å². The number of benzene rings is 2. The molecule has 0 saturated heterocycles. The van der Waals surface area contributed by atoms with Crippen molar-refractivity contribution in [2.75, 3.05) is 13.1 Å². The molecule has 0 aliphatic heterocycles. The van der Waals surface area contributed by atoms with Crippen LogP contribution in [0.1, 0.15) is 32.8 Å². The molecule has 2 N–H and O–H groups in total. The van der Waals surface area contributed by atoms with Crippen LogP contribution in [0.4, 0.5) is 4.39 Å². The van der Waals surface area contributed by atoms with E-state index in [0.717, 1.165) is 4.47 Å². The SMILES string of the molecule is Cc1nc2cc(F)ccc2cc1C(=O)NCCCNC(=O)c1ccc(Br)cc1. The number of hydrogen-bond donors (Lipinski definition) is 2. The highest BCUT2D eigenvalue weighted by Gasteiger charge is 2.12. The second-order valence-corrected chi connectivity index (χ2v) is 7.25. The number of carbonyl (C=O) groups excluding carboxylic acids is 2. The van der Waals surface area contributed by atoms with Gasteiger partial charge in [-0.2, -0.15) is 0 Å². The van der Waals surface area contributed by atoms with Crippen LogP contribution in [0.5, 0.6) is 0 Å². The van der Waals surface area contributed by atoms with Crippen molar-refractivity contribution in [2.24, 2.45) is 0 Å². The summed E-state index contributed by atoms with van der Waals surface area (Å²) in [7, 11) is 0. The Balaban J connectivity index is 1.50. The van der Waals surface area contributed by atoms with Gasteiger partial charge in [0.15, 0.2) is 0 Å². The molecule has 0 aliphatic carbocycles. The lowest BCUT2D eigenvalue weighted by molar-refractivity contribution is 0.0951. The number of nitrogens with one attached hydrogen (secondary N) is 2. The van der Waals surface area contributed by atoms with Gasteiger partial charge in [-0.05, 0) is 55.8 Å². The van der Waals surface area contributed by atoms with Crippen LogP contribution in [0.15, 0.2) is 53.0 Å². The van der Waals surface area contributed by atoms with E-state index in [4.69, 9.17) is 0 Å². The molecule has 0 spiro atoms. The van der Waals surface area contributed by atoms with Gasteiger partial charge >= 0.3 is 0 Å². The van der Waals surface area contributed by atoms with Crippen molar-refractivity contribution in [2.45, 2.75) is 13.3 Å². The molecule has 1 aromatic heterocycles. The minimum absolute atomic E-state index is 0.152. The zero-order valence-corrected chi connectivity index (χ0v) is 16.8. The lowest BCUT2D eigenvalue weighted by Crippen LogP contribution is -2.30. The van der Waals surface area contributed by atoms with Crippen LogP contribution in [0.2, 0.25) is 0 Å². The molecule has 1 heterocycles. The van der Waals surface area contributed by atoms with Gasteiger partial charge in [-0.1, -0.05) is 15.9 Å². The van der Waals surface area contributed by atoms with Crippen LogP contribution >= 0.6 is 15.9 Å². The fourth-order valence-corrected chi connectivity index (χ4v) is 3.02. The third-order valence-electron chi connectivity index (χ3n) is 4.25. The van der Waals surface area contributed by atoms with Crippen LogP contribution < -0.4 is 10.6 Å². The molecule has 5 nitrogen and oxygen atoms in total. The number of carbonyl (C=O) groups is 2. The van der Waals surface area contributed by atoms with E-state index < -0.39 is 0 Å². The molecule has 0 bridgehead atoms. The number of aromatic nitrogens is 1. The first-order valence-electron chi connectivity index (χ1n) is 8.83. The molecule has 3 rings (SSSR count). The number of nitrogens with zero attached hydrogens (tertiary/aromatic N) is 1. The Morgan fingerprint density at radius 3 is 2.39 bits per heavy atom. The molecule has 28 heavy (non-hydrogen) atoms. The Hall–Kier alpha value is -2.80. The van der Waals surface area contributed by atoms with E-state index in [1.807, 2.05) is 12.1 Å². The maximum atomic E-state index is 13.3. The van der Waals surface area contributed by atoms with Crippen LogP contribution in [-0.4, -0.2) is 29.9 Å². The van der Waals surface area contributed by atoms with E-state index in [1.54, 1.807) is 31.2 Å². The molecule has 0 unspecified atom stereocenters. The number of aryl methyl sites for hydroxylation is 1. The first kappa shape index (κ1) is 19.9. The third-order valence-corrected chi connectivity index (χ3v) is 4.77. The lowest BCUT2D eigenvalue weighted by Gasteiger charge is -2.09. The predicted octanol–water partition coefficient (Wildman–Crippen LogP) is 3.99. The monoisotopic (exact) mass is 443 g/mol. The number of rotatable bonds is 6. The Labute approximate surface area is 170 Å². The standard InChI is InChI=1S/C21H19BrFN3O2/c1-13-18(11-15-5-8-17(23)12-19(15)26-13)21(28)25-10-2-9-24-20(27)14-3-6-16(22)7-4-14/h3-8,11-12H,2,9-10H2,1H3,(H,24,27)(H,25,28). The smallest absolute Gasteiger partial charge is 0.253 e. The van der Waals surface area contributed by atoms with E-state index in [0.29, 0.717) is 47.2 Å². The zero-order chi connectivity index (χ0) is 20.1. The summed E-state index contributed by atoms with van der Waals surface area (Å²) < 4.78 is 14.2. The number of halogens is 2. The maximum Gasteiger partial charge on any atom is 0.253 e. The van der Waals surface area contributed by atoms with Crippen molar-refractivity contribution < 1.29 is 14.0 Å². The molecule has 0 aliphatic rings. The minimum Gasteiger partial charge on any atom is -0.352 e. The van der Waals surface area contributed by atoms with E-state index in [9.17, 15) is 14.0 Å². The molecule has 144 valence electrons. The Morgan fingerprint density at radius 1 is 1.00 bits per heavy atom. The Kier molecular flexibility index (Phi) is 6.36. The van der Waals surface area contributed by atoms with E-state index in [2.05, 4.69) is 31.5 Å². The van der Waals surface area contributed by atoms with Gasteiger partial charge in [0.2, 0.25) is 0 Å². The summed E-state index contributed by atoms with van der Waals surface area (Å²) in [5, 5.41) is 6.35. The molecule has 2 amide bonds. The highest BCUT2D eigenvalue weighted by molar-refractivity contribution is 9.10. The average Bonchev–Trinajstić information content (AvgIpc) is 2.67. The number of hydrogen-bond acceptors (Lipinski definition) is 3. The van der Waals surface area contributed by atoms with Gasteiger partial charge in [-0.3, -0.25) is 14.6 Å². The number of amides is 2. The largest absolute Gasteiger partial charge is 0.352 e. The summed E-state index contributed by atoms with van der Waals surface area (Å²) in [6.45, 7) is 2.58. The van der Waals surface area contributed by atoms with Gasteiger partial charge in [0.05, 0.1) is 16.8 Å². The van der Waals surface area contributed by atoms with Crippen molar-refractivity contribution in [3.63, 3.8) is 0 Å². The van der Waals surface area contributed by atoms with Gasteiger partial charge in [-0.15, -0.1) is 0 Å². The molecular formula is C21H19BrFN3O2. The highest BCUT2D eigenvalue weighted by atomic mass is 79.9. The molecule has 0 atom stereocenters. The number of pyridine rings is 1. The van der Waals surface area contributed by atoms with Crippen LogP contribution in [0.25, 0.3) is 10.9 Å². The van der Waals surface area contributed by atoms with E-state index >= 15 is 0 Å². The van der Waals surface area contributed by atoms with Crippen LogP contribution in [-0.2, 0) is 0 Å². The molecule has 3 aromatic rings. The summed E-state index contributed by atoms with van der Waals surface area (Å²) in [6, 6.07) is 13.1. The molecule has 0 fully saturated rings. The summed E-state index contributed by atoms with van der Waals surface area (Å²) in [6.07, 6.45) is 0.597. The van der Waals surface area contributed by atoms with Crippen molar-refractivity contribution in [1.82, 2.24) is 15.6 Å². The quantitative estimate of drug-likeness (QED) is 0.565. The molecule has 2 aromatic carbocycles.